The summed E-state index contributed by atoms with van der Waals surface area (Å²) in [6, 6.07) is 8.89. The Morgan fingerprint density at radius 3 is 2.62 bits per heavy atom. The van der Waals surface area contributed by atoms with E-state index in [1.54, 1.807) is 18.2 Å². The van der Waals surface area contributed by atoms with Crippen molar-refractivity contribution in [3.8, 4) is 0 Å². The lowest BCUT2D eigenvalue weighted by Crippen LogP contribution is -2.03. The number of aromatic carboxylic acids is 1. The molecule has 0 heterocycles. The van der Waals surface area contributed by atoms with E-state index in [1.165, 1.54) is 12.1 Å². The molecule has 6 nitrogen and oxygen atoms in total. The first-order valence-corrected chi connectivity index (χ1v) is 6.79. The molecule has 0 radical (unpaired) electrons. The van der Waals surface area contributed by atoms with Crippen LogP contribution in [0.15, 0.2) is 40.9 Å². The molecule has 0 aromatic heterocycles. The fraction of sp³-hybridized carbons (Fsp3) is 0. The van der Waals surface area contributed by atoms with E-state index in [2.05, 4.69) is 21.2 Å². The number of carbonyl (C=O) groups is 1. The molecule has 0 fully saturated rings. The summed E-state index contributed by atoms with van der Waals surface area (Å²) >= 11 is 9.31. The predicted octanol–water partition coefficient (Wildman–Crippen LogP) is 4.45. The Bertz CT molecular complexity index is 736. The molecule has 0 aliphatic carbocycles. The van der Waals surface area contributed by atoms with Crippen molar-refractivity contribution < 1.29 is 14.8 Å². The van der Waals surface area contributed by atoms with Crippen molar-refractivity contribution in [3.63, 3.8) is 0 Å². The minimum Gasteiger partial charge on any atom is -0.477 e. The van der Waals surface area contributed by atoms with E-state index in [0.717, 1.165) is 10.5 Å². The second-order valence-corrected chi connectivity index (χ2v) is 5.37. The van der Waals surface area contributed by atoms with Crippen molar-refractivity contribution in [2.45, 2.75) is 0 Å². The first-order valence-electron chi connectivity index (χ1n) is 5.62. The molecule has 2 N–H and O–H groups in total. The number of carboxylic acid groups (broad SMARTS) is 1. The first kappa shape index (κ1) is 15.3. The summed E-state index contributed by atoms with van der Waals surface area (Å²) in [4.78, 5) is 21.1. The van der Waals surface area contributed by atoms with Gasteiger partial charge in [0.1, 0.15) is 5.56 Å². The van der Waals surface area contributed by atoms with E-state index >= 15 is 0 Å². The number of halogens is 2. The van der Waals surface area contributed by atoms with Crippen molar-refractivity contribution in [2.75, 3.05) is 5.32 Å². The van der Waals surface area contributed by atoms with Gasteiger partial charge < -0.3 is 10.4 Å². The molecule has 0 saturated carbocycles. The van der Waals surface area contributed by atoms with Crippen molar-refractivity contribution >= 4 is 50.6 Å². The average Bonchev–Trinajstić information content (AvgIpc) is 2.42. The molecule has 2 rings (SSSR count). The van der Waals surface area contributed by atoms with Gasteiger partial charge in [-0.15, -0.1) is 0 Å². The number of benzene rings is 2. The van der Waals surface area contributed by atoms with E-state index in [4.69, 9.17) is 16.7 Å². The average molecular weight is 372 g/mol. The number of anilines is 2. The van der Waals surface area contributed by atoms with Crippen LogP contribution in [0.25, 0.3) is 0 Å². The van der Waals surface area contributed by atoms with Gasteiger partial charge >= 0.3 is 5.97 Å². The molecule has 0 spiro atoms. The third-order valence-corrected chi connectivity index (χ3v) is 3.46. The van der Waals surface area contributed by atoms with E-state index in [1.807, 2.05) is 0 Å². The molecule has 0 aliphatic heterocycles. The van der Waals surface area contributed by atoms with Gasteiger partial charge in [0.25, 0.3) is 5.69 Å². The lowest BCUT2D eigenvalue weighted by Gasteiger charge is -2.09. The number of rotatable bonds is 4. The number of carboxylic acids is 1. The summed E-state index contributed by atoms with van der Waals surface area (Å²) in [6.45, 7) is 0. The van der Waals surface area contributed by atoms with Crippen LogP contribution in [0.1, 0.15) is 10.4 Å². The van der Waals surface area contributed by atoms with E-state index in [9.17, 15) is 14.9 Å². The Morgan fingerprint density at radius 1 is 1.29 bits per heavy atom. The van der Waals surface area contributed by atoms with Gasteiger partial charge in [-0.25, -0.2) is 4.79 Å². The molecule has 0 saturated heterocycles. The Balaban J connectivity index is 2.41. The van der Waals surface area contributed by atoms with Gasteiger partial charge in [0.05, 0.1) is 15.6 Å². The zero-order chi connectivity index (χ0) is 15.6. The van der Waals surface area contributed by atoms with Crippen LogP contribution in [0.5, 0.6) is 0 Å². The number of hydrogen-bond donors (Lipinski definition) is 2. The molecular weight excluding hydrogens is 364 g/mol. The van der Waals surface area contributed by atoms with Crippen molar-refractivity contribution in [3.05, 3.63) is 61.6 Å². The molecule has 0 bridgehead atoms. The Morgan fingerprint density at radius 2 is 2.00 bits per heavy atom. The van der Waals surface area contributed by atoms with Gasteiger partial charge in [0.2, 0.25) is 0 Å². The molecule has 21 heavy (non-hydrogen) atoms. The van der Waals surface area contributed by atoms with Gasteiger partial charge in [-0.2, -0.15) is 0 Å². The summed E-state index contributed by atoms with van der Waals surface area (Å²) in [5.74, 6) is -1.35. The quantitative estimate of drug-likeness (QED) is 0.612. The number of nitrogens with one attached hydrogen (secondary N) is 1. The smallest absolute Gasteiger partial charge is 0.342 e. The van der Waals surface area contributed by atoms with Gasteiger partial charge in [0, 0.05) is 16.2 Å². The highest BCUT2D eigenvalue weighted by molar-refractivity contribution is 9.10. The van der Waals surface area contributed by atoms with Gasteiger partial charge in [-0.05, 0) is 30.3 Å². The second kappa shape index (κ2) is 6.11. The van der Waals surface area contributed by atoms with Crippen LogP contribution in [-0.2, 0) is 0 Å². The van der Waals surface area contributed by atoms with Crippen molar-refractivity contribution in [2.24, 2.45) is 0 Å². The fourth-order valence-corrected chi connectivity index (χ4v) is 2.22. The number of nitrogens with zero attached hydrogens (tertiary/aromatic N) is 1. The lowest BCUT2D eigenvalue weighted by molar-refractivity contribution is -0.385. The largest absolute Gasteiger partial charge is 0.477 e. The summed E-state index contributed by atoms with van der Waals surface area (Å²) in [5.41, 5.74) is 0.0552. The van der Waals surface area contributed by atoms with Crippen LogP contribution >= 0.6 is 27.5 Å². The Kier molecular flexibility index (Phi) is 4.44. The van der Waals surface area contributed by atoms with Gasteiger partial charge in [-0.1, -0.05) is 27.5 Å². The minimum atomic E-state index is -1.35. The summed E-state index contributed by atoms with van der Waals surface area (Å²) in [5, 5.41) is 23.2. The SMILES string of the molecule is O=C(O)c1ccc(Nc2cc(Br)ccc2Cl)cc1[N+](=O)[O-]. The molecule has 2 aromatic carbocycles. The van der Waals surface area contributed by atoms with E-state index in [0.29, 0.717) is 16.4 Å². The molecule has 0 unspecified atom stereocenters. The van der Waals surface area contributed by atoms with Crippen LogP contribution in [0.3, 0.4) is 0 Å². The zero-order valence-corrected chi connectivity index (χ0v) is 12.7. The number of nitro benzene ring substituents is 1. The second-order valence-electron chi connectivity index (χ2n) is 4.04. The third kappa shape index (κ3) is 3.50. The third-order valence-electron chi connectivity index (χ3n) is 2.63. The van der Waals surface area contributed by atoms with E-state index in [-0.39, 0.29) is 5.56 Å². The lowest BCUT2D eigenvalue weighted by atomic mass is 10.1. The molecule has 0 amide bonds. The summed E-state index contributed by atoms with van der Waals surface area (Å²) in [7, 11) is 0. The highest BCUT2D eigenvalue weighted by Crippen LogP contribution is 2.31. The highest BCUT2D eigenvalue weighted by Gasteiger charge is 2.20. The molecule has 0 atom stereocenters. The normalized spacial score (nSPS) is 10.2. The number of hydrogen-bond acceptors (Lipinski definition) is 4. The van der Waals surface area contributed by atoms with Gasteiger partial charge in [-0.3, -0.25) is 10.1 Å². The van der Waals surface area contributed by atoms with Crippen LogP contribution in [0, 0.1) is 10.1 Å². The highest BCUT2D eigenvalue weighted by atomic mass is 79.9. The Labute approximate surface area is 132 Å². The first-order chi connectivity index (χ1) is 9.88. The Hall–Kier alpha value is -2.12. The topological polar surface area (TPSA) is 92.5 Å². The van der Waals surface area contributed by atoms with E-state index < -0.39 is 16.6 Å². The van der Waals surface area contributed by atoms with Gasteiger partial charge in [0.15, 0.2) is 0 Å². The fourth-order valence-electron chi connectivity index (χ4n) is 1.69. The standard InChI is InChI=1S/C13H8BrClN2O4/c14-7-1-4-10(15)11(5-7)16-8-2-3-9(13(18)19)12(6-8)17(20)21/h1-6,16H,(H,18,19). The van der Waals surface area contributed by atoms with Crippen molar-refractivity contribution in [1.29, 1.82) is 0 Å². The molecule has 2 aromatic rings. The van der Waals surface area contributed by atoms with Crippen LogP contribution in [0.4, 0.5) is 17.1 Å². The van der Waals surface area contributed by atoms with Crippen LogP contribution in [-0.4, -0.2) is 16.0 Å². The molecular formula is C13H8BrClN2O4. The zero-order valence-electron chi connectivity index (χ0n) is 10.3. The summed E-state index contributed by atoms with van der Waals surface area (Å²) in [6.07, 6.45) is 0. The number of nitro groups is 1. The minimum absolute atomic E-state index is 0.367. The predicted molar refractivity (Wildman–Crippen MR) is 82.5 cm³/mol. The van der Waals surface area contributed by atoms with Crippen molar-refractivity contribution in [1.82, 2.24) is 0 Å². The van der Waals surface area contributed by atoms with Crippen LogP contribution < -0.4 is 5.32 Å². The van der Waals surface area contributed by atoms with Crippen LogP contribution in [0.2, 0.25) is 5.02 Å². The maximum atomic E-state index is 10.9. The monoisotopic (exact) mass is 370 g/mol. The maximum absolute atomic E-state index is 10.9. The summed E-state index contributed by atoms with van der Waals surface area (Å²) < 4.78 is 0.783. The molecule has 0 aliphatic rings. The maximum Gasteiger partial charge on any atom is 0.342 e. The molecule has 108 valence electrons. The molecule has 8 heteroatoms.